The smallest absolute Gasteiger partial charge is 0.311 e. The zero-order valence-corrected chi connectivity index (χ0v) is 10.2. The summed E-state index contributed by atoms with van der Waals surface area (Å²) >= 11 is 0. The number of fused-ring (bicyclic) bond motifs is 2. The van der Waals surface area contributed by atoms with Gasteiger partial charge in [-0.15, -0.1) is 0 Å². The number of methoxy groups -OCH3 is 1. The molecule has 2 rings (SSSR count). The maximum atomic E-state index is 11.9. The Hall–Kier alpha value is -1.06. The van der Waals surface area contributed by atoms with Crippen LogP contribution in [0.25, 0.3) is 0 Å². The minimum absolute atomic E-state index is 0.250. The SMILES string of the molecule is COC(=O)[C@@H]1CC[C@]2(C)OC(=O)[C@H]1C2(C)C. The molecule has 0 aromatic carbocycles. The first kappa shape index (κ1) is 11.4. The summed E-state index contributed by atoms with van der Waals surface area (Å²) in [4.78, 5) is 23.5. The van der Waals surface area contributed by atoms with E-state index in [-0.39, 0.29) is 29.2 Å². The van der Waals surface area contributed by atoms with Crippen molar-refractivity contribution in [3.05, 3.63) is 0 Å². The van der Waals surface area contributed by atoms with Gasteiger partial charge in [0.1, 0.15) is 5.60 Å². The third-order valence-electron chi connectivity index (χ3n) is 4.56. The largest absolute Gasteiger partial charge is 0.469 e. The summed E-state index contributed by atoms with van der Waals surface area (Å²) in [5, 5.41) is 0. The number of rotatable bonds is 1. The second kappa shape index (κ2) is 3.22. The van der Waals surface area contributed by atoms with Crippen LogP contribution in [0.4, 0.5) is 0 Å². The van der Waals surface area contributed by atoms with Crippen LogP contribution in [-0.4, -0.2) is 24.6 Å². The van der Waals surface area contributed by atoms with Crippen LogP contribution < -0.4 is 0 Å². The molecule has 90 valence electrons. The van der Waals surface area contributed by atoms with Gasteiger partial charge in [-0.3, -0.25) is 9.59 Å². The van der Waals surface area contributed by atoms with Crippen molar-refractivity contribution < 1.29 is 19.1 Å². The lowest BCUT2D eigenvalue weighted by molar-refractivity contribution is -0.154. The Morgan fingerprint density at radius 1 is 1.44 bits per heavy atom. The Balaban J connectivity index is 2.38. The van der Waals surface area contributed by atoms with Crippen LogP contribution >= 0.6 is 0 Å². The second-order valence-corrected chi connectivity index (χ2v) is 5.52. The molecule has 2 bridgehead atoms. The monoisotopic (exact) mass is 226 g/mol. The molecular weight excluding hydrogens is 208 g/mol. The molecule has 0 unspecified atom stereocenters. The van der Waals surface area contributed by atoms with Crippen LogP contribution in [0.5, 0.6) is 0 Å². The van der Waals surface area contributed by atoms with Crippen molar-refractivity contribution >= 4 is 11.9 Å². The van der Waals surface area contributed by atoms with Crippen molar-refractivity contribution in [2.45, 2.75) is 39.2 Å². The lowest BCUT2D eigenvalue weighted by atomic mass is 9.58. The van der Waals surface area contributed by atoms with E-state index < -0.39 is 5.60 Å². The fraction of sp³-hybridized carbons (Fsp3) is 0.833. The van der Waals surface area contributed by atoms with Gasteiger partial charge in [-0.05, 0) is 19.8 Å². The molecule has 1 saturated carbocycles. The van der Waals surface area contributed by atoms with Crippen molar-refractivity contribution in [2.75, 3.05) is 7.11 Å². The molecule has 3 atom stereocenters. The summed E-state index contributed by atoms with van der Waals surface area (Å²) in [6.45, 7) is 5.95. The van der Waals surface area contributed by atoms with Gasteiger partial charge < -0.3 is 9.47 Å². The average Bonchev–Trinajstić information content (AvgIpc) is 2.34. The van der Waals surface area contributed by atoms with E-state index in [2.05, 4.69) is 0 Å². The number of hydrogen-bond donors (Lipinski definition) is 0. The molecule has 0 radical (unpaired) electrons. The predicted octanol–water partition coefficient (Wildman–Crippen LogP) is 1.53. The van der Waals surface area contributed by atoms with Crippen molar-refractivity contribution in [1.29, 1.82) is 0 Å². The van der Waals surface area contributed by atoms with Crippen molar-refractivity contribution in [2.24, 2.45) is 17.3 Å². The van der Waals surface area contributed by atoms with Gasteiger partial charge in [0.2, 0.25) is 0 Å². The molecule has 0 aromatic heterocycles. The Kier molecular flexibility index (Phi) is 2.30. The van der Waals surface area contributed by atoms with E-state index in [1.165, 1.54) is 7.11 Å². The minimum atomic E-state index is -0.431. The van der Waals surface area contributed by atoms with Crippen LogP contribution in [0.3, 0.4) is 0 Å². The molecule has 2 aliphatic rings. The lowest BCUT2D eigenvalue weighted by Gasteiger charge is -2.44. The lowest BCUT2D eigenvalue weighted by Crippen LogP contribution is -2.49. The molecule has 0 aromatic rings. The average molecular weight is 226 g/mol. The first-order chi connectivity index (χ1) is 7.33. The summed E-state index contributed by atoms with van der Waals surface area (Å²) < 4.78 is 10.2. The molecule has 0 spiro atoms. The molecular formula is C12H18O4. The van der Waals surface area contributed by atoms with Crippen LogP contribution in [0.1, 0.15) is 33.6 Å². The molecule has 0 amide bonds. The van der Waals surface area contributed by atoms with Gasteiger partial charge in [0, 0.05) is 5.41 Å². The minimum Gasteiger partial charge on any atom is -0.469 e. The van der Waals surface area contributed by atoms with Crippen LogP contribution in [-0.2, 0) is 19.1 Å². The van der Waals surface area contributed by atoms with Gasteiger partial charge in [-0.1, -0.05) is 13.8 Å². The summed E-state index contributed by atoms with van der Waals surface area (Å²) in [5.74, 6) is -1.25. The van der Waals surface area contributed by atoms with E-state index in [9.17, 15) is 9.59 Å². The Morgan fingerprint density at radius 2 is 2.06 bits per heavy atom. The van der Waals surface area contributed by atoms with Crippen molar-refractivity contribution in [1.82, 2.24) is 0 Å². The van der Waals surface area contributed by atoms with Gasteiger partial charge in [0.15, 0.2) is 0 Å². The summed E-state index contributed by atoms with van der Waals surface area (Å²) in [6.07, 6.45) is 1.39. The van der Waals surface area contributed by atoms with Gasteiger partial charge in [0.05, 0.1) is 18.9 Å². The number of carbonyl (C=O) groups excluding carboxylic acids is 2. The van der Waals surface area contributed by atoms with Crippen molar-refractivity contribution in [3.63, 3.8) is 0 Å². The topological polar surface area (TPSA) is 52.6 Å². The maximum Gasteiger partial charge on any atom is 0.311 e. The summed E-state index contributed by atoms with van der Waals surface area (Å²) in [7, 11) is 1.36. The van der Waals surface area contributed by atoms with Crippen LogP contribution in [0.2, 0.25) is 0 Å². The number of ether oxygens (including phenoxy) is 2. The summed E-state index contributed by atoms with van der Waals surface area (Å²) in [6, 6.07) is 0. The van der Waals surface area contributed by atoms with Crippen LogP contribution in [0.15, 0.2) is 0 Å². The zero-order valence-electron chi connectivity index (χ0n) is 10.2. The fourth-order valence-electron chi connectivity index (χ4n) is 3.08. The van der Waals surface area contributed by atoms with E-state index in [0.29, 0.717) is 6.42 Å². The van der Waals surface area contributed by atoms with Gasteiger partial charge in [-0.2, -0.15) is 0 Å². The van der Waals surface area contributed by atoms with Gasteiger partial charge in [-0.25, -0.2) is 0 Å². The first-order valence-corrected chi connectivity index (χ1v) is 5.64. The third kappa shape index (κ3) is 1.22. The van der Waals surface area contributed by atoms with E-state index in [0.717, 1.165) is 6.42 Å². The Bertz CT molecular complexity index is 347. The molecule has 1 heterocycles. The highest BCUT2D eigenvalue weighted by atomic mass is 16.6. The molecule has 1 saturated heterocycles. The quantitative estimate of drug-likeness (QED) is 0.636. The van der Waals surface area contributed by atoms with Gasteiger partial charge >= 0.3 is 11.9 Å². The second-order valence-electron chi connectivity index (χ2n) is 5.52. The highest BCUT2D eigenvalue weighted by molar-refractivity contribution is 5.85. The van der Waals surface area contributed by atoms with Crippen molar-refractivity contribution in [3.8, 4) is 0 Å². The summed E-state index contributed by atoms with van der Waals surface area (Å²) in [5.41, 5.74) is -0.736. The highest BCUT2D eigenvalue weighted by Gasteiger charge is 2.65. The molecule has 1 aliphatic heterocycles. The Morgan fingerprint density at radius 3 is 2.62 bits per heavy atom. The van der Waals surface area contributed by atoms with E-state index >= 15 is 0 Å². The fourth-order valence-corrected chi connectivity index (χ4v) is 3.08. The third-order valence-corrected chi connectivity index (χ3v) is 4.56. The highest BCUT2D eigenvalue weighted by Crippen LogP contribution is 2.57. The van der Waals surface area contributed by atoms with Crippen LogP contribution in [0, 0.1) is 17.3 Å². The molecule has 4 heteroatoms. The number of hydrogen-bond acceptors (Lipinski definition) is 4. The first-order valence-electron chi connectivity index (χ1n) is 5.64. The maximum absolute atomic E-state index is 11.9. The molecule has 16 heavy (non-hydrogen) atoms. The van der Waals surface area contributed by atoms with Gasteiger partial charge in [0.25, 0.3) is 0 Å². The van der Waals surface area contributed by atoms with E-state index in [1.807, 2.05) is 20.8 Å². The zero-order chi connectivity index (χ0) is 12.1. The van der Waals surface area contributed by atoms with E-state index in [1.54, 1.807) is 0 Å². The molecule has 0 N–H and O–H groups in total. The molecule has 2 fully saturated rings. The number of esters is 2. The molecule has 4 nitrogen and oxygen atoms in total. The van der Waals surface area contributed by atoms with E-state index in [4.69, 9.17) is 9.47 Å². The Labute approximate surface area is 95.3 Å². The standard InChI is InChI=1S/C12H18O4/c1-11(2)8-7(9(13)15-4)5-6-12(11,3)16-10(8)14/h7-8H,5-6H2,1-4H3/t7-,8+,12+/m1/s1. The molecule has 1 aliphatic carbocycles. The predicted molar refractivity (Wildman–Crippen MR) is 56.5 cm³/mol. The normalized spacial score (nSPS) is 40.4. The number of carbonyl (C=O) groups is 2.